The van der Waals surface area contributed by atoms with Crippen molar-refractivity contribution in [3.05, 3.63) is 46.5 Å². The zero-order valence-corrected chi connectivity index (χ0v) is 20.2. The van der Waals surface area contributed by atoms with Gasteiger partial charge in [0.15, 0.2) is 0 Å². The summed E-state index contributed by atoms with van der Waals surface area (Å²) in [6.45, 7) is 6.72. The molecule has 2 saturated heterocycles. The van der Waals surface area contributed by atoms with E-state index in [1.165, 1.54) is 18.3 Å². The molecule has 1 N–H and O–H groups in total. The fourth-order valence-electron chi connectivity index (χ4n) is 5.70. The summed E-state index contributed by atoms with van der Waals surface area (Å²) in [5, 5.41) is 9.52. The molecule has 7 nitrogen and oxygen atoms in total. The van der Waals surface area contributed by atoms with Crippen LogP contribution in [0.3, 0.4) is 0 Å². The Hall–Kier alpha value is -2.93. The highest BCUT2D eigenvalue weighted by molar-refractivity contribution is 6.16. The number of ether oxygens (including phenoxy) is 2. The van der Waals surface area contributed by atoms with E-state index < -0.39 is 29.7 Å². The lowest BCUT2D eigenvalue weighted by molar-refractivity contribution is -0.137. The molecule has 0 aromatic heterocycles. The smallest absolute Gasteiger partial charge is 0.423 e. The predicted molar refractivity (Wildman–Crippen MR) is 127 cm³/mol. The number of nitrogens with zero attached hydrogens (tertiary/aromatic N) is 1. The lowest BCUT2D eigenvalue weighted by atomic mass is 9.67. The molecule has 1 aliphatic carbocycles. The first-order chi connectivity index (χ1) is 16.3. The van der Waals surface area contributed by atoms with Gasteiger partial charge in [-0.3, -0.25) is 9.59 Å². The van der Waals surface area contributed by atoms with Gasteiger partial charge in [-0.2, -0.15) is 4.90 Å². The first kappa shape index (κ1) is 24.2. The third-order valence-corrected chi connectivity index (χ3v) is 7.44. The minimum absolute atomic E-state index is 0.104. The molecule has 1 aromatic rings. The number of aromatic hydroxyl groups is 1. The molecule has 0 spiro atoms. The van der Waals surface area contributed by atoms with Gasteiger partial charge in [0.1, 0.15) is 5.75 Å². The summed E-state index contributed by atoms with van der Waals surface area (Å²) in [6, 6.07) is 7.14. The molecule has 3 amide bonds. The average Bonchev–Trinajstić information content (AvgIpc) is 3.35. The Morgan fingerprint density at radius 3 is 2.53 bits per heavy atom. The monoisotopic (exact) mass is 467 g/mol. The van der Waals surface area contributed by atoms with Crippen LogP contribution < -0.4 is 0 Å². The summed E-state index contributed by atoms with van der Waals surface area (Å²) in [6.07, 6.45) is 4.16. The molecule has 7 heteroatoms. The number of phenols is 1. The topological polar surface area (TPSA) is 93.1 Å². The van der Waals surface area contributed by atoms with Crippen LogP contribution in [-0.2, 0) is 19.1 Å². The first-order valence-corrected chi connectivity index (χ1v) is 12.0. The third kappa shape index (κ3) is 4.29. The van der Waals surface area contributed by atoms with Crippen molar-refractivity contribution < 1.29 is 29.0 Å². The maximum absolute atomic E-state index is 13.1. The zero-order chi connectivity index (χ0) is 24.6. The number of allylic oxidation sites excluding steroid dienone is 2. The highest BCUT2D eigenvalue weighted by Crippen LogP contribution is 2.51. The largest absolute Gasteiger partial charge is 0.508 e. The van der Waals surface area contributed by atoms with Crippen LogP contribution in [-0.4, -0.2) is 47.7 Å². The second-order valence-electron chi connectivity index (χ2n) is 9.67. The Bertz CT molecular complexity index is 1040. The van der Waals surface area contributed by atoms with Gasteiger partial charge in [-0.15, -0.1) is 0 Å². The summed E-state index contributed by atoms with van der Waals surface area (Å²) in [4.78, 5) is 38.9. The van der Waals surface area contributed by atoms with Gasteiger partial charge in [0.25, 0.3) is 0 Å². The molecule has 182 valence electrons. The number of likely N-dealkylation sites (tertiary alicyclic amines) is 1. The van der Waals surface area contributed by atoms with E-state index in [1.54, 1.807) is 12.1 Å². The van der Waals surface area contributed by atoms with Crippen LogP contribution in [0.1, 0.15) is 52.0 Å². The number of amides is 3. The van der Waals surface area contributed by atoms with E-state index in [4.69, 9.17) is 9.47 Å². The third-order valence-electron chi connectivity index (χ3n) is 7.44. The lowest BCUT2D eigenvalue weighted by Crippen LogP contribution is -2.38. The highest BCUT2D eigenvalue weighted by Gasteiger charge is 2.59. The molecular weight excluding hydrogens is 434 g/mol. The standard InChI is InChI=1S/C27H33NO6/c1-5-16(12-17-6-9-18(29)10-7-17)8-11-22-23-19(15(2)3)13-20-24(21(23)14-34-22)26(31)28(25(20)30)27(32)33-4/h6-7,9-10,12,15,20-22,24,29H,5,8,11,13-14H2,1-4H3/b16-12+/t20-,21+,22-,24-/m1/s1. The van der Waals surface area contributed by atoms with E-state index >= 15 is 0 Å². The average molecular weight is 468 g/mol. The molecule has 0 unspecified atom stereocenters. The van der Waals surface area contributed by atoms with Crippen molar-refractivity contribution in [3.63, 3.8) is 0 Å². The van der Waals surface area contributed by atoms with E-state index in [9.17, 15) is 19.5 Å². The SMILES string of the molecule is CC/C(=C\c1ccc(O)cc1)CC[C@H]1OC[C@H]2C1=C(C(C)C)C[C@H]1C(=O)N(C(=O)OC)C(=O)[C@H]12. The van der Waals surface area contributed by atoms with Crippen molar-refractivity contribution in [2.45, 2.75) is 52.6 Å². The van der Waals surface area contributed by atoms with Gasteiger partial charge >= 0.3 is 6.09 Å². The Morgan fingerprint density at radius 2 is 1.91 bits per heavy atom. The Balaban J connectivity index is 1.57. The van der Waals surface area contributed by atoms with Gasteiger partial charge in [-0.1, -0.05) is 50.1 Å². The van der Waals surface area contributed by atoms with Crippen LogP contribution in [0.25, 0.3) is 6.08 Å². The van der Waals surface area contributed by atoms with Crippen LogP contribution in [0.2, 0.25) is 0 Å². The quantitative estimate of drug-likeness (QED) is 0.481. The van der Waals surface area contributed by atoms with Crippen molar-refractivity contribution in [2.75, 3.05) is 13.7 Å². The molecule has 2 heterocycles. The van der Waals surface area contributed by atoms with Gasteiger partial charge < -0.3 is 14.6 Å². The molecule has 0 saturated carbocycles. The molecular formula is C27H33NO6. The van der Waals surface area contributed by atoms with Crippen molar-refractivity contribution in [1.82, 2.24) is 4.90 Å². The van der Waals surface area contributed by atoms with Crippen molar-refractivity contribution in [3.8, 4) is 5.75 Å². The number of imide groups is 3. The summed E-state index contributed by atoms with van der Waals surface area (Å²) >= 11 is 0. The molecule has 34 heavy (non-hydrogen) atoms. The van der Waals surface area contributed by atoms with Gasteiger partial charge in [-0.05, 0) is 54.9 Å². The molecule has 2 fully saturated rings. The number of methoxy groups -OCH3 is 1. The fourth-order valence-corrected chi connectivity index (χ4v) is 5.70. The van der Waals surface area contributed by atoms with E-state index in [0.29, 0.717) is 17.9 Å². The van der Waals surface area contributed by atoms with Crippen molar-refractivity contribution >= 4 is 24.0 Å². The van der Waals surface area contributed by atoms with E-state index in [-0.39, 0.29) is 23.7 Å². The maximum Gasteiger partial charge on any atom is 0.423 e. The van der Waals surface area contributed by atoms with E-state index in [2.05, 4.69) is 26.8 Å². The van der Waals surface area contributed by atoms with Crippen molar-refractivity contribution in [2.24, 2.45) is 23.7 Å². The minimum Gasteiger partial charge on any atom is -0.508 e. The van der Waals surface area contributed by atoms with Crippen LogP contribution >= 0.6 is 0 Å². The number of carbonyl (C=O) groups is 3. The Kier molecular flexibility index (Phi) is 6.94. The van der Waals surface area contributed by atoms with Crippen LogP contribution in [0.4, 0.5) is 4.79 Å². The molecule has 4 atom stereocenters. The minimum atomic E-state index is -0.903. The predicted octanol–water partition coefficient (Wildman–Crippen LogP) is 4.70. The molecule has 0 bridgehead atoms. The summed E-state index contributed by atoms with van der Waals surface area (Å²) < 4.78 is 10.9. The molecule has 0 radical (unpaired) electrons. The van der Waals surface area contributed by atoms with Crippen molar-refractivity contribution in [1.29, 1.82) is 0 Å². The second kappa shape index (κ2) is 9.74. The molecule has 1 aromatic carbocycles. The zero-order valence-electron chi connectivity index (χ0n) is 20.2. The number of phenolic OH excluding ortho intramolecular Hbond substituents is 1. The summed E-state index contributed by atoms with van der Waals surface area (Å²) in [5.41, 5.74) is 4.66. The van der Waals surface area contributed by atoms with Crippen LogP contribution in [0.5, 0.6) is 5.75 Å². The second-order valence-corrected chi connectivity index (χ2v) is 9.67. The molecule has 3 aliphatic rings. The Labute approximate surface area is 200 Å². The summed E-state index contributed by atoms with van der Waals surface area (Å²) in [7, 11) is 1.18. The number of hydrogen-bond donors (Lipinski definition) is 1. The van der Waals surface area contributed by atoms with Crippen LogP contribution in [0, 0.1) is 23.7 Å². The maximum atomic E-state index is 13.1. The highest BCUT2D eigenvalue weighted by atomic mass is 16.5. The number of carbonyl (C=O) groups excluding carboxylic acids is 3. The molecule has 4 rings (SSSR count). The van der Waals surface area contributed by atoms with Crippen LogP contribution in [0.15, 0.2) is 41.0 Å². The number of rotatable bonds is 6. The van der Waals surface area contributed by atoms with E-state index in [0.717, 1.165) is 30.4 Å². The lowest BCUT2D eigenvalue weighted by Gasteiger charge is -2.33. The molecule has 2 aliphatic heterocycles. The van der Waals surface area contributed by atoms with Gasteiger partial charge in [-0.25, -0.2) is 4.79 Å². The van der Waals surface area contributed by atoms with E-state index in [1.807, 2.05) is 12.1 Å². The Morgan fingerprint density at radius 1 is 1.21 bits per heavy atom. The van der Waals surface area contributed by atoms with Gasteiger partial charge in [0.05, 0.1) is 31.7 Å². The fraction of sp³-hybridized carbons (Fsp3) is 0.519. The van der Waals surface area contributed by atoms with Gasteiger partial charge in [0, 0.05) is 5.92 Å². The summed E-state index contributed by atoms with van der Waals surface area (Å²) in [5.74, 6) is -1.72. The van der Waals surface area contributed by atoms with Gasteiger partial charge in [0.2, 0.25) is 11.8 Å². The normalized spacial score (nSPS) is 26.9. The number of fused-ring (bicyclic) bond motifs is 3. The first-order valence-electron chi connectivity index (χ1n) is 12.0. The number of hydrogen-bond acceptors (Lipinski definition) is 6. The number of benzene rings is 1.